The summed E-state index contributed by atoms with van der Waals surface area (Å²) in [5.41, 5.74) is 5.59. The first-order chi connectivity index (χ1) is 9.29. The van der Waals surface area contributed by atoms with Crippen LogP contribution in [0, 0.1) is 5.92 Å². The van der Waals surface area contributed by atoms with Gasteiger partial charge in [-0.05, 0) is 57.4 Å². The lowest BCUT2D eigenvalue weighted by Crippen LogP contribution is -2.39. The fraction of sp³-hybridized carbons (Fsp3) is 0.933. The minimum absolute atomic E-state index is 0.320. The van der Waals surface area contributed by atoms with Crippen LogP contribution in [0.2, 0.25) is 0 Å². The van der Waals surface area contributed by atoms with Gasteiger partial charge in [0.2, 0.25) is 5.91 Å². The molecule has 0 bridgehead atoms. The minimum Gasteiger partial charge on any atom is -0.378 e. The highest BCUT2D eigenvalue weighted by Gasteiger charge is 2.23. The van der Waals surface area contributed by atoms with Gasteiger partial charge in [0.25, 0.3) is 0 Å². The zero-order valence-electron chi connectivity index (χ0n) is 12.0. The first kappa shape index (κ1) is 14.8. The van der Waals surface area contributed by atoms with E-state index in [1.807, 2.05) is 4.90 Å². The quantitative estimate of drug-likeness (QED) is 0.829. The zero-order chi connectivity index (χ0) is 13.5. The molecule has 0 aromatic heterocycles. The molecule has 110 valence electrons. The van der Waals surface area contributed by atoms with Crippen molar-refractivity contribution in [2.75, 3.05) is 26.2 Å². The van der Waals surface area contributed by atoms with Gasteiger partial charge in [0.1, 0.15) is 0 Å². The maximum atomic E-state index is 12.2. The van der Waals surface area contributed by atoms with Gasteiger partial charge in [-0.25, -0.2) is 0 Å². The highest BCUT2D eigenvalue weighted by molar-refractivity contribution is 5.76. The van der Waals surface area contributed by atoms with Gasteiger partial charge in [0, 0.05) is 26.1 Å². The van der Waals surface area contributed by atoms with Crippen LogP contribution in [0.25, 0.3) is 0 Å². The molecule has 0 aromatic rings. The highest BCUT2D eigenvalue weighted by atomic mass is 16.5. The Kier molecular flexibility index (Phi) is 6.11. The van der Waals surface area contributed by atoms with Crippen LogP contribution in [0.3, 0.4) is 0 Å². The van der Waals surface area contributed by atoms with E-state index in [1.54, 1.807) is 0 Å². The average molecular weight is 268 g/mol. The summed E-state index contributed by atoms with van der Waals surface area (Å²) >= 11 is 0. The normalized spacial score (nSPS) is 25.5. The van der Waals surface area contributed by atoms with Crippen LogP contribution in [0.1, 0.15) is 51.4 Å². The second kappa shape index (κ2) is 7.85. The van der Waals surface area contributed by atoms with E-state index in [0.717, 1.165) is 64.3 Å². The summed E-state index contributed by atoms with van der Waals surface area (Å²) in [6.45, 7) is 3.50. The number of hydrogen-bond acceptors (Lipinski definition) is 3. The molecule has 4 nitrogen and oxygen atoms in total. The molecule has 2 fully saturated rings. The number of hydrogen-bond donors (Lipinski definition) is 1. The number of rotatable bonds is 5. The second-order valence-corrected chi connectivity index (χ2v) is 5.93. The van der Waals surface area contributed by atoms with E-state index >= 15 is 0 Å². The lowest BCUT2D eigenvalue weighted by molar-refractivity contribution is -0.133. The number of carbonyl (C=O) groups is 1. The number of ether oxygens (including phenoxy) is 1. The van der Waals surface area contributed by atoms with Gasteiger partial charge in [-0.2, -0.15) is 0 Å². The summed E-state index contributed by atoms with van der Waals surface area (Å²) < 4.78 is 5.68. The molecular formula is C15H28N2O2. The maximum Gasteiger partial charge on any atom is 0.222 e. The lowest BCUT2D eigenvalue weighted by Gasteiger charge is -2.32. The molecule has 2 saturated heterocycles. The predicted octanol–water partition coefficient (Wildman–Crippen LogP) is 1.92. The van der Waals surface area contributed by atoms with Crippen LogP contribution >= 0.6 is 0 Å². The molecule has 0 spiro atoms. The van der Waals surface area contributed by atoms with Gasteiger partial charge in [-0.15, -0.1) is 0 Å². The van der Waals surface area contributed by atoms with Crippen molar-refractivity contribution in [2.45, 2.75) is 57.5 Å². The third kappa shape index (κ3) is 4.77. The van der Waals surface area contributed by atoms with Crippen molar-refractivity contribution in [3.05, 3.63) is 0 Å². The summed E-state index contributed by atoms with van der Waals surface area (Å²) in [5.74, 6) is 1.05. The van der Waals surface area contributed by atoms with Crippen LogP contribution in [-0.2, 0) is 9.53 Å². The zero-order valence-corrected chi connectivity index (χ0v) is 12.0. The van der Waals surface area contributed by atoms with Crippen LogP contribution in [0.5, 0.6) is 0 Å². The molecule has 0 aliphatic carbocycles. The predicted molar refractivity (Wildman–Crippen MR) is 75.8 cm³/mol. The molecule has 0 aromatic carbocycles. The van der Waals surface area contributed by atoms with E-state index in [1.165, 1.54) is 12.8 Å². The molecule has 0 radical (unpaired) electrons. The van der Waals surface area contributed by atoms with Gasteiger partial charge in [-0.1, -0.05) is 0 Å². The Morgan fingerprint density at radius 1 is 1.16 bits per heavy atom. The van der Waals surface area contributed by atoms with E-state index in [-0.39, 0.29) is 0 Å². The van der Waals surface area contributed by atoms with Gasteiger partial charge in [0.15, 0.2) is 0 Å². The second-order valence-electron chi connectivity index (χ2n) is 5.93. The Morgan fingerprint density at radius 2 is 1.95 bits per heavy atom. The first-order valence-corrected chi connectivity index (χ1v) is 7.89. The van der Waals surface area contributed by atoms with Crippen LogP contribution in [-0.4, -0.2) is 43.2 Å². The number of nitrogens with two attached hydrogens (primary N) is 1. The Bertz CT molecular complexity index is 269. The number of nitrogens with zero attached hydrogens (tertiary/aromatic N) is 1. The Labute approximate surface area is 116 Å². The van der Waals surface area contributed by atoms with E-state index in [2.05, 4.69) is 0 Å². The van der Waals surface area contributed by atoms with Crippen molar-refractivity contribution >= 4 is 5.91 Å². The van der Waals surface area contributed by atoms with Crippen LogP contribution in [0.4, 0.5) is 0 Å². The molecule has 2 rings (SSSR count). The molecule has 1 unspecified atom stereocenters. The van der Waals surface area contributed by atoms with E-state index in [4.69, 9.17) is 10.5 Å². The summed E-state index contributed by atoms with van der Waals surface area (Å²) in [6.07, 6.45) is 8.82. The van der Waals surface area contributed by atoms with Gasteiger partial charge in [-0.3, -0.25) is 4.79 Å². The number of amides is 1. The Hall–Kier alpha value is -0.610. The van der Waals surface area contributed by atoms with Gasteiger partial charge < -0.3 is 15.4 Å². The van der Waals surface area contributed by atoms with Crippen molar-refractivity contribution in [3.8, 4) is 0 Å². The highest BCUT2D eigenvalue weighted by Crippen LogP contribution is 2.22. The third-order valence-electron chi connectivity index (χ3n) is 4.50. The van der Waals surface area contributed by atoms with Crippen LogP contribution in [0.15, 0.2) is 0 Å². The molecule has 2 N–H and O–H groups in total. The molecule has 0 saturated carbocycles. The average Bonchev–Trinajstić information content (AvgIpc) is 2.47. The largest absolute Gasteiger partial charge is 0.378 e. The standard InChI is InChI=1S/C15H28N2O2/c16-9-6-13-7-10-17(11-8-13)15(18)5-4-14-3-1-2-12-19-14/h13-14H,1-12,16H2. The summed E-state index contributed by atoms with van der Waals surface area (Å²) in [4.78, 5) is 14.2. The fourth-order valence-electron chi connectivity index (χ4n) is 3.18. The summed E-state index contributed by atoms with van der Waals surface area (Å²) in [6, 6.07) is 0. The number of carbonyl (C=O) groups excluding carboxylic acids is 1. The molecule has 2 heterocycles. The van der Waals surface area contributed by atoms with Gasteiger partial charge in [0.05, 0.1) is 6.10 Å². The summed E-state index contributed by atoms with van der Waals surface area (Å²) in [5, 5.41) is 0. The Morgan fingerprint density at radius 3 is 2.58 bits per heavy atom. The molecule has 2 aliphatic rings. The minimum atomic E-state index is 0.320. The topological polar surface area (TPSA) is 55.6 Å². The SMILES string of the molecule is NCCC1CCN(C(=O)CCC2CCCCO2)CC1. The van der Waals surface area contributed by atoms with E-state index in [9.17, 15) is 4.79 Å². The van der Waals surface area contributed by atoms with E-state index in [0.29, 0.717) is 18.4 Å². The number of piperidine rings is 1. The smallest absolute Gasteiger partial charge is 0.222 e. The molecule has 1 amide bonds. The van der Waals surface area contributed by atoms with Crippen molar-refractivity contribution in [3.63, 3.8) is 0 Å². The fourth-order valence-corrected chi connectivity index (χ4v) is 3.18. The van der Waals surface area contributed by atoms with Crippen molar-refractivity contribution in [1.29, 1.82) is 0 Å². The maximum absolute atomic E-state index is 12.2. The summed E-state index contributed by atoms with van der Waals surface area (Å²) in [7, 11) is 0. The molecular weight excluding hydrogens is 240 g/mol. The monoisotopic (exact) mass is 268 g/mol. The van der Waals surface area contributed by atoms with Gasteiger partial charge >= 0.3 is 0 Å². The van der Waals surface area contributed by atoms with Crippen molar-refractivity contribution in [2.24, 2.45) is 11.7 Å². The van der Waals surface area contributed by atoms with Crippen LogP contribution < -0.4 is 5.73 Å². The Balaban J connectivity index is 1.63. The first-order valence-electron chi connectivity index (χ1n) is 7.89. The molecule has 2 aliphatic heterocycles. The molecule has 19 heavy (non-hydrogen) atoms. The lowest BCUT2D eigenvalue weighted by atomic mass is 9.93. The van der Waals surface area contributed by atoms with E-state index < -0.39 is 0 Å². The molecule has 1 atom stereocenters. The van der Waals surface area contributed by atoms with Crippen molar-refractivity contribution < 1.29 is 9.53 Å². The van der Waals surface area contributed by atoms with Crippen molar-refractivity contribution in [1.82, 2.24) is 4.90 Å². The third-order valence-corrected chi connectivity index (χ3v) is 4.50. The number of likely N-dealkylation sites (tertiary alicyclic amines) is 1. The molecule has 4 heteroatoms.